The van der Waals surface area contributed by atoms with E-state index >= 15 is 0 Å². The molecule has 2 rings (SSSR count). The number of hydrogen-bond donors (Lipinski definition) is 1. The van der Waals surface area contributed by atoms with Crippen LogP contribution in [0.1, 0.15) is 21.5 Å². The predicted octanol–water partition coefficient (Wildman–Crippen LogP) is 3.69. The molecule has 0 heterocycles. The second kappa shape index (κ2) is 7.85. The van der Waals surface area contributed by atoms with Gasteiger partial charge in [-0.1, -0.05) is 35.9 Å². The van der Waals surface area contributed by atoms with E-state index in [1.54, 1.807) is 36.4 Å². The smallest absolute Gasteiger partial charge is 0.338 e. The van der Waals surface area contributed by atoms with Crippen LogP contribution in [0.3, 0.4) is 0 Å². The summed E-state index contributed by atoms with van der Waals surface area (Å²) in [5.74, 6) is -0.510. The van der Waals surface area contributed by atoms with Gasteiger partial charge in [-0.3, -0.25) is 0 Å². The van der Waals surface area contributed by atoms with Gasteiger partial charge in [0.1, 0.15) is 13.2 Å². The molecule has 0 amide bonds. The Morgan fingerprint density at radius 2 is 1.87 bits per heavy atom. The quantitative estimate of drug-likeness (QED) is 0.371. The SMILES string of the molecule is O=C(OCc1cccc(CO[N+](=O)[O-])c1)c1ccc(Cl)c(S)c1. The molecule has 0 aromatic heterocycles. The Balaban J connectivity index is 1.97. The molecule has 0 N–H and O–H groups in total. The van der Waals surface area contributed by atoms with Crippen LogP contribution in [0.25, 0.3) is 0 Å². The van der Waals surface area contributed by atoms with E-state index in [9.17, 15) is 14.9 Å². The van der Waals surface area contributed by atoms with Crippen molar-refractivity contribution in [3.8, 4) is 0 Å². The molecule has 0 saturated heterocycles. The summed E-state index contributed by atoms with van der Waals surface area (Å²) in [6.07, 6.45) is 0. The predicted molar refractivity (Wildman–Crippen MR) is 86.0 cm³/mol. The fraction of sp³-hybridized carbons (Fsp3) is 0.133. The molecular formula is C15H12ClNO5S. The fourth-order valence-electron chi connectivity index (χ4n) is 1.81. The van der Waals surface area contributed by atoms with Crippen LogP contribution >= 0.6 is 24.2 Å². The molecule has 2 aromatic carbocycles. The van der Waals surface area contributed by atoms with Crippen LogP contribution in [0.5, 0.6) is 0 Å². The molecule has 0 radical (unpaired) electrons. The normalized spacial score (nSPS) is 10.2. The minimum atomic E-state index is -0.859. The number of esters is 1. The van der Waals surface area contributed by atoms with Crippen LogP contribution in [-0.2, 0) is 22.8 Å². The van der Waals surface area contributed by atoms with Gasteiger partial charge in [-0.15, -0.1) is 22.7 Å². The van der Waals surface area contributed by atoms with Crippen LogP contribution < -0.4 is 0 Å². The molecule has 23 heavy (non-hydrogen) atoms. The van der Waals surface area contributed by atoms with Gasteiger partial charge in [-0.2, -0.15) is 0 Å². The summed E-state index contributed by atoms with van der Waals surface area (Å²) in [5.41, 5.74) is 1.65. The Labute approximate surface area is 142 Å². The van der Waals surface area contributed by atoms with Crippen molar-refractivity contribution < 1.29 is 19.5 Å². The zero-order valence-corrected chi connectivity index (χ0v) is 13.4. The van der Waals surface area contributed by atoms with Gasteiger partial charge in [0.2, 0.25) is 0 Å². The number of carbonyl (C=O) groups is 1. The number of carbonyl (C=O) groups excluding carboxylic acids is 1. The van der Waals surface area contributed by atoms with E-state index in [0.29, 0.717) is 26.6 Å². The molecular weight excluding hydrogens is 342 g/mol. The van der Waals surface area contributed by atoms with Gasteiger partial charge in [-0.05, 0) is 29.3 Å². The number of hydrogen-bond acceptors (Lipinski definition) is 6. The lowest BCUT2D eigenvalue weighted by molar-refractivity contribution is -0.763. The van der Waals surface area contributed by atoms with Gasteiger partial charge in [0.05, 0.1) is 10.6 Å². The van der Waals surface area contributed by atoms with E-state index in [2.05, 4.69) is 17.5 Å². The van der Waals surface area contributed by atoms with Crippen molar-refractivity contribution in [3.63, 3.8) is 0 Å². The Morgan fingerprint density at radius 3 is 2.52 bits per heavy atom. The molecule has 2 aromatic rings. The average Bonchev–Trinajstić information content (AvgIpc) is 2.53. The van der Waals surface area contributed by atoms with E-state index in [4.69, 9.17) is 16.3 Å². The summed E-state index contributed by atoms with van der Waals surface area (Å²) in [6, 6.07) is 11.4. The van der Waals surface area contributed by atoms with Crippen molar-refractivity contribution >= 4 is 30.2 Å². The van der Waals surface area contributed by atoms with Crippen molar-refractivity contribution in [2.45, 2.75) is 18.1 Å². The molecule has 8 heteroatoms. The average molecular weight is 354 g/mol. The first-order chi connectivity index (χ1) is 11.0. The van der Waals surface area contributed by atoms with E-state index in [1.165, 1.54) is 6.07 Å². The highest BCUT2D eigenvalue weighted by atomic mass is 35.5. The molecule has 0 spiro atoms. The monoisotopic (exact) mass is 353 g/mol. The summed E-state index contributed by atoms with van der Waals surface area (Å²) in [4.78, 5) is 26.9. The van der Waals surface area contributed by atoms with E-state index in [0.717, 1.165) is 0 Å². The molecule has 0 aliphatic heterocycles. The number of ether oxygens (including phenoxy) is 1. The molecule has 0 atom stereocenters. The first-order valence-corrected chi connectivity index (χ1v) is 7.29. The Hall–Kier alpha value is -2.25. The molecule has 0 bridgehead atoms. The van der Waals surface area contributed by atoms with Gasteiger partial charge in [0.25, 0.3) is 5.09 Å². The second-order valence-corrected chi connectivity index (χ2v) is 5.45. The largest absolute Gasteiger partial charge is 0.457 e. The van der Waals surface area contributed by atoms with Gasteiger partial charge >= 0.3 is 5.97 Å². The summed E-state index contributed by atoms with van der Waals surface area (Å²) in [5, 5.41) is 9.77. The molecule has 120 valence electrons. The maximum atomic E-state index is 12.0. The number of rotatable bonds is 6. The maximum Gasteiger partial charge on any atom is 0.338 e. The minimum Gasteiger partial charge on any atom is -0.457 e. The third-order valence-corrected chi connectivity index (χ3v) is 3.71. The molecule has 0 fully saturated rings. The third kappa shape index (κ3) is 5.15. The molecule has 0 aliphatic carbocycles. The highest BCUT2D eigenvalue weighted by Gasteiger charge is 2.09. The lowest BCUT2D eigenvalue weighted by Crippen LogP contribution is -2.06. The Morgan fingerprint density at radius 1 is 1.17 bits per heavy atom. The fourth-order valence-corrected chi connectivity index (χ4v) is 2.14. The summed E-state index contributed by atoms with van der Waals surface area (Å²) < 4.78 is 5.20. The van der Waals surface area contributed by atoms with Crippen molar-refractivity contribution in [2.24, 2.45) is 0 Å². The number of nitrogens with zero attached hydrogens (tertiary/aromatic N) is 1. The van der Waals surface area contributed by atoms with Crippen molar-refractivity contribution in [1.82, 2.24) is 0 Å². The Kier molecular flexibility index (Phi) is 5.84. The van der Waals surface area contributed by atoms with Crippen LogP contribution in [-0.4, -0.2) is 11.1 Å². The first kappa shape index (κ1) is 17.1. The van der Waals surface area contributed by atoms with Crippen LogP contribution in [0.15, 0.2) is 47.4 Å². The highest BCUT2D eigenvalue weighted by molar-refractivity contribution is 7.80. The van der Waals surface area contributed by atoms with Crippen molar-refractivity contribution in [2.75, 3.05) is 0 Å². The van der Waals surface area contributed by atoms with Gasteiger partial charge in [0.15, 0.2) is 0 Å². The zero-order valence-electron chi connectivity index (χ0n) is 11.8. The van der Waals surface area contributed by atoms with E-state index < -0.39 is 11.1 Å². The molecule has 6 nitrogen and oxygen atoms in total. The lowest BCUT2D eigenvalue weighted by Gasteiger charge is -2.07. The van der Waals surface area contributed by atoms with Crippen molar-refractivity contribution in [1.29, 1.82) is 0 Å². The zero-order chi connectivity index (χ0) is 16.8. The van der Waals surface area contributed by atoms with Crippen LogP contribution in [0.4, 0.5) is 0 Å². The topological polar surface area (TPSA) is 78.7 Å². The van der Waals surface area contributed by atoms with E-state index in [1.807, 2.05) is 0 Å². The van der Waals surface area contributed by atoms with Gasteiger partial charge < -0.3 is 9.57 Å². The highest BCUT2D eigenvalue weighted by Crippen LogP contribution is 2.21. The number of halogens is 1. The van der Waals surface area contributed by atoms with Gasteiger partial charge in [-0.25, -0.2) is 4.79 Å². The second-order valence-electron chi connectivity index (χ2n) is 4.56. The first-order valence-electron chi connectivity index (χ1n) is 6.46. The van der Waals surface area contributed by atoms with Gasteiger partial charge in [0, 0.05) is 4.90 Å². The molecule has 0 aliphatic rings. The van der Waals surface area contributed by atoms with E-state index in [-0.39, 0.29) is 13.2 Å². The standard InChI is InChI=1S/C15H12ClNO5S/c16-13-5-4-12(7-14(13)23)15(18)21-8-10-2-1-3-11(6-10)9-22-17(19)20/h1-7,23H,8-9H2. The summed E-state index contributed by atoms with van der Waals surface area (Å²) in [6.45, 7) is -0.120. The molecule has 0 saturated carbocycles. The maximum absolute atomic E-state index is 12.0. The summed E-state index contributed by atoms with van der Waals surface area (Å²) >= 11 is 9.98. The lowest BCUT2D eigenvalue weighted by atomic mass is 10.1. The number of thiol groups is 1. The van der Waals surface area contributed by atoms with Crippen LogP contribution in [0, 0.1) is 10.1 Å². The minimum absolute atomic E-state index is 0.0374. The third-order valence-electron chi connectivity index (χ3n) is 2.88. The van der Waals surface area contributed by atoms with Crippen molar-refractivity contribution in [3.05, 3.63) is 74.3 Å². The Bertz CT molecular complexity index is 738. The van der Waals surface area contributed by atoms with Crippen LogP contribution in [0.2, 0.25) is 5.02 Å². The summed E-state index contributed by atoms with van der Waals surface area (Å²) in [7, 11) is 0. The molecule has 0 unspecified atom stereocenters. The number of benzene rings is 2.